The van der Waals surface area contributed by atoms with Crippen LogP contribution in [0.2, 0.25) is 0 Å². The monoisotopic (exact) mass is 268 g/mol. The van der Waals surface area contributed by atoms with Gasteiger partial charge < -0.3 is 11.1 Å². The van der Waals surface area contributed by atoms with Crippen LogP contribution < -0.4 is 11.1 Å². The summed E-state index contributed by atoms with van der Waals surface area (Å²) in [7, 11) is 0. The molecular weight excluding hydrogens is 252 g/mol. The van der Waals surface area contributed by atoms with Crippen molar-refractivity contribution in [2.45, 2.75) is 12.3 Å². The summed E-state index contributed by atoms with van der Waals surface area (Å²) in [5, 5.41) is 3.44. The third-order valence-electron chi connectivity index (χ3n) is 3.23. The van der Waals surface area contributed by atoms with Crippen LogP contribution in [0.3, 0.4) is 0 Å². The topological polar surface area (TPSA) is 38.0 Å². The van der Waals surface area contributed by atoms with E-state index in [0.29, 0.717) is 11.8 Å². The van der Waals surface area contributed by atoms with E-state index in [1.165, 1.54) is 12.0 Å². The van der Waals surface area contributed by atoms with Gasteiger partial charge in [-0.05, 0) is 43.1 Å². The first-order valence-electron chi connectivity index (χ1n) is 5.47. The van der Waals surface area contributed by atoms with Crippen LogP contribution in [0, 0.1) is 5.92 Å². The molecule has 2 unspecified atom stereocenters. The summed E-state index contributed by atoms with van der Waals surface area (Å²) in [5.74, 6) is 1.21. The Morgan fingerprint density at radius 3 is 2.73 bits per heavy atom. The summed E-state index contributed by atoms with van der Waals surface area (Å²) in [4.78, 5) is 0. The van der Waals surface area contributed by atoms with Gasteiger partial charge in [0.2, 0.25) is 0 Å². The Balaban J connectivity index is 2.16. The average Bonchev–Trinajstić information content (AvgIpc) is 2.30. The highest BCUT2D eigenvalue weighted by Crippen LogP contribution is 2.29. The van der Waals surface area contributed by atoms with Crippen molar-refractivity contribution in [1.82, 2.24) is 5.32 Å². The number of piperidine rings is 1. The van der Waals surface area contributed by atoms with Crippen molar-refractivity contribution in [2.75, 3.05) is 19.6 Å². The quantitative estimate of drug-likeness (QED) is 0.863. The molecule has 0 spiro atoms. The van der Waals surface area contributed by atoms with Crippen molar-refractivity contribution in [3.63, 3.8) is 0 Å². The molecule has 0 radical (unpaired) electrons. The Bertz CT molecular complexity index is 310. The molecule has 2 nitrogen and oxygen atoms in total. The molecule has 0 aromatic heterocycles. The lowest BCUT2D eigenvalue weighted by Gasteiger charge is -2.31. The van der Waals surface area contributed by atoms with Crippen LogP contribution in [0.15, 0.2) is 28.7 Å². The Hall–Kier alpha value is -0.380. The number of nitrogens with two attached hydrogens (primary N) is 1. The normalized spacial score (nSPS) is 26.5. The molecule has 1 fully saturated rings. The fourth-order valence-electron chi connectivity index (χ4n) is 2.29. The lowest BCUT2D eigenvalue weighted by molar-refractivity contribution is 0.331. The first-order chi connectivity index (χ1) is 7.31. The van der Waals surface area contributed by atoms with Crippen molar-refractivity contribution >= 4 is 15.9 Å². The first-order valence-corrected chi connectivity index (χ1v) is 6.27. The van der Waals surface area contributed by atoms with E-state index in [1.54, 1.807) is 0 Å². The largest absolute Gasteiger partial charge is 0.330 e. The van der Waals surface area contributed by atoms with Gasteiger partial charge in [0.05, 0.1) is 0 Å². The molecule has 1 saturated heterocycles. The zero-order chi connectivity index (χ0) is 10.7. The lowest BCUT2D eigenvalue weighted by Crippen LogP contribution is -2.38. The van der Waals surface area contributed by atoms with Gasteiger partial charge in [0.25, 0.3) is 0 Å². The summed E-state index contributed by atoms with van der Waals surface area (Å²) in [6, 6.07) is 8.61. The number of halogens is 1. The molecule has 3 N–H and O–H groups in total. The molecule has 0 bridgehead atoms. The van der Waals surface area contributed by atoms with Gasteiger partial charge in [-0.3, -0.25) is 0 Å². The highest BCUT2D eigenvalue weighted by atomic mass is 79.9. The maximum atomic E-state index is 5.82. The number of nitrogens with one attached hydrogen (secondary N) is 1. The minimum absolute atomic E-state index is 0.580. The molecule has 0 saturated carbocycles. The van der Waals surface area contributed by atoms with E-state index >= 15 is 0 Å². The van der Waals surface area contributed by atoms with Crippen LogP contribution in [0.25, 0.3) is 0 Å². The van der Waals surface area contributed by atoms with Crippen molar-refractivity contribution in [3.05, 3.63) is 34.3 Å². The van der Waals surface area contributed by atoms with E-state index in [9.17, 15) is 0 Å². The first kappa shape index (κ1) is 11.1. The van der Waals surface area contributed by atoms with Crippen LogP contribution in [-0.2, 0) is 0 Å². The highest BCUT2D eigenvalue weighted by Gasteiger charge is 2.24. The zero-order valence-corrected chi connectivity index (χ0v) is 10.3. The molecule has 2 atom stereocenters. The summed E-state index contributed by atoms with van der Waals surface area (Å²) in [5.41, 5.74) is 7.23. The maximum absolute atomic E-state index is 5.82. The molecular formula is C12H17BrN2. The summed E-state index contributed by atoms with van der Waals surface area (Å²) in [6.07, 6.45) is 1.19. The third kappa shape index (κ3) is 2.60. The molecule has 1 heterocycles. The molecule has 1 aliphatic rings. The number of hydrogen-bond acceptors (Lipinski definition) is 2. The van der Waals surface area contributed by atoms with Crippen LogP contribution >= 0.6 is 15.9 Å². The predicted molar refractivity (Wildman–Crippen MR) is 66.9 cm³/mol. The van der Waals surface area contributed by atoms with E-state index in [0.717, 1.165) is 24.1 Å². The predicted octanol–water partition coefficient (Wildman–Crippen LogP) is 2.10. The SMILES string of the molecule is NCC1CCNCC1c1ccc(Br)cc1. The molecule has 3 heteroatoms. The molecule has 15 heavy (non-hydrogen) atoms. The van der Waals surface area contributed by atoms with Gasteiger partial charge in [0.1, 0.15) is 0 Å². The van der Waals surface area contributed by atoms with Crippen LogP contribution in [0.5, 0.6) is 0 Å². The number of hydrogen-bond donors (Lipinski definition) is 2. The van der Waals surface area contributed by atoms with E-state index < -0.39 is 0 Å². The molecule has 82 valence electrons. The Morgan fingerprint density at radius 2 is 2.07 bits per heavy atom. The highest BCUT2D eigenvalue weighted by molar-refractivity contribution is 9.10. The van der Waals surface area contributed by atoms with Gasteiger partial charge in [-0.25, -0.2) is 0 Å². The van der Waals surface area contributed by atoms with Gasteiger partial charge >= 0.3 is 0 Å². The second-order valence-corrected chi connectivity index (χ2v) is 5.06. The van der Waals surface area contributed by atoms with Crippen LogP contribution in [0.1, 0.15) is 17.9 Å². The second kappa shape index (κ2) is 5.10. The van der Waals surface area contributed by atoms with Gasteiger partial charge in [-0.1, -0.05) is 28.1 Å². The maximum Gasteiger partial charge on any atom is 0.0175 e. The van der Waals surface area contributed by atoms with Gasteiger partial charge in [0, 0.05) is 16.9 Å². The average molecular weight is 269 g/mol. The summed E-state index contributed by atoms with van der Waals surface area (Å²) < 4.78 is 1.14. The number of benzene rings is 1. The molecule has 1 aromatic carbocycles. The fourth-order valence-corrected chi connectivity index (χ4v) is 2.56. The molecule has 2 rings (SSSR count). The Kier molecular flexibility index (Phi) is 3.78. The van der Waals surface area contributed by atoms with Gasteiger partial charge in [-0.15, -0.1) is 0 Å². The Labute approximate surface area is 99.4 Å². The van der Waals surface area contributed by atoms with E-state index in [1.807, 2.05) is 0 Å². The molecule has 0 amide bonds. The number of rotatable bonds is 2. The zero-order valence-electron chi connectivity index (χ0n) is 8.75. The molecule has 1 aromatic rings. The van der Waals surface area contributed by atoms with Crippen molar-refractivity contribution in [1.29, 1.82) is 0 Å². The minimum atomic E-state index is 0.580. The second-order valence-electron chi connectivity index (χ2n) is 4.15. The van der Waals surface area contributed by atoms with Crippen LogP contribution in [-0.4, -0.2) is 19.6 Å². The molecule has 1 aliphatic heterocycles. The van der Waals surface area contributed by atoms with E-state index in [4.69, 9.17) is 5.73 Å². The fraction of sp³-hybridized carbons (Fsp3) is 0.500. The smallest absolute Gasteiger partial charge is 0.0175 e. The van der Waals surface area contributed by atoms with E-state index in [2.05, 4.69) is 45.5 Å². The minimum Gasteiger partial charge on any atom is -0.330 e. The summed E-state index contributed by atoms with van der Waals surface area (Å²) in [6.45, 7) is 2.96. The standard InChI is InChI=1S/C12H17BrN2/c13-11-3-1-9(2-4-11)12-8-15-6-5-10(12)7-14/h1-4,10,12,15H,5-8,14H2. The third-order valence-corrected chi connectivity index (χ3v) is 3.75. The van der Waals surface area contributed by atoms with Gasteiger partial charge in [-0.2, -0.15) is 0 Å². The summed E-state index contributed by atoms with van der Waals surface area (Å²) >= 11 is 3.46. The lowest BCUT2D eigenvalue weighted by atomic mass is 9.81. The molecule has 0 aliphatic carbocycles. The van der Waals surface area contributed by atoms with Gasteiger partial charge in [0.15, 0.2) is 0 Å². The van der Waals surface area contributed by atoms with Crippen molar-refractivity contribution in [3.8, 4) is 0 Å². The van der Waals surface area contributed by atoms with E-state index in [-0.39, 0.29) is 0 Å². The van der Waals surface area contributed by atoms with Crippen LogP contribution in [0.4, 0.5) is 0 Å². The Morgan fingerprint density at radius 1 is 1.33 bits per heavy atom. The van der Waals surface area contributed by atoms with Crippen molar-refractivity contribution < 1.29 is 0 Å². The van der Waals surface area contributed by atoms with Crippen molar-refractivity contribution in [2.24, 2.45) is 11.7 Å².